The maximum absolute atomic E-state index is 13.4. The molecule has 2 aromatic rings. The second-order valence-corrected chi connectivity index (χ2v) is 10.8. The summed E-state index contributed by atoms with van der Waals surface area (Å²) in [4.78, 5) is 28.4. The van der Waals surface area contributed by atoms with E-state index in [1.165, 1.54) is 30.4 Å². The van der Waals surface area contributed by atoms with E-state index in [-0.39, 0.29) is 17.9 Å². The molecule has 33 heavy (non-hydrogen) atoms. The van der Waals surface area contributed by atoms with Gasteiger partial charge in [0, 0.05) is 22.8 Å². The number of nitrogens with one attached hydrogen (secondary N) is 1. The van der Waals surface area contributed by atoms with E-state index in [0.717, 1.165) is 28.6 Å². The summed E-state index contributed by atoms with van der Waals surface area (Å²) in [6, 6.07) is 16.2. The summed E-state index contributed by atoms with van der Waals surface area (Å²) in [7, 11) is 0. The van der Waals surface area contributed by atoms with Crippen LogP contribution in [0.3, 0.4) is 0 Å². The van der Waals surface area contributed by atoms with Crippen LogP contribution in [0.2, 0.25) is 0 Å². The number of carbonyl (C=O) groups is 2. The Morgan fingerprint density at radius 1 is 1.03 bits per heavy atom. The van der Waals surface area contributed by atoms with Gasteiger partial charge in [-0.1, -0.05) is 84.1 Å². The van der Waals surface area contributed by atoms with Crippen LogP contribution >= 0.6 is 27.7 Å². The molecule has 0 unspecified atom stereocenters. The number of hydrogen-bond donors (Lipinski definition) is 1. The van der Waals surface area contributed by atoms with Crippen molar-refractivity contribution in [1.82, 2.24) is 10.2 Å². The van der Waals surface area contributed by atoms with E-state index in [4.69, 9.17) is 0 Å². The minimum atomic E-state index is -0.450. The Hall–Kier alpha value is -1.79. The van der Waals surface area contributed by atoms with Crippen LogP contribution in [-0.4, -0.2) is 34.6 Å². The molecule has 0 bridgehead atoms. The predicted molar refractivity (Wildman–Crippen MR) is 141 cm³/mol. The molecule has 1 saturated carbocycles. The van der Waals surface area contributed by atoms with Gasteiger partial charge in [0.15, 0.2) is 0 Å². The number of thioether (sulfide) groups is 1. The smallest absolute Gasteiger partial charge is 0.243 e. The summed E-state index contributed by atoms with van der Waals surface area (Å²) in [5.74, 6) is 1.13. The Balaban J connectivity index is 1.68. The molecule has 2 aromatic carbocycles. The molecule has 1 N–H and O–H groups in total. The number of hydrogen-bond acceptors (Lipinski definition) is 3. The summed E-state index contributed by atoms with van der Waals surface area (Å²) in [5.41, 5.74) is 3.42. The predicted octanol–water partition coefficient (Wildman–Crippen LogP) is 6.25. The first-order valence-corrected chi connectivity index (χ1v) is 13.9. The number of benzene rings is 2. The molecule has 4 nitrogen and oxygen atoms in total. The van der Waals surface area contributed by atoms with Gasteiger partial charge in [-0.2, -0.15) is 0 Å². The van der Waals surface area contributed by atoms with Crippen molar-refractivity contribution in [3.63, 3.8) is 0 Å². The van der Waals surface area contributed by atoms with Crippen LogP contribution in [-0.2, 0) is 21.9 Å². The molecule has 1 aliphatic rings. The Labute approximate surface area is 211 Å². The first-order valence-electron chi connectivity index (χ1n) is 11.9. The van der Waals surface area contributed by atoms with E-state index >= 15 is 0 Å². The standard InChI is InChI=1S/C27H35BrN2O2S/c1-3-25(27(32)29-24-7-5-4-6-8-24)30(17-21-11-9-20(2)10-12-21)26(31)19-33-18-22-13-15-23(28)16-14-22/h9-16,24-25H,3-8,17-19H2,1-2H3,(H,29,32)/t25-/m0/s1. The largest absolute Gasteiger partial charge is 0.352 e. The molecule has 0 aliphatic heterocycles. The lowest BCUT2D eigenvalue weighted by Gasteiger charge is -2.32. The monoisotopic (exact) mass is 530 g/mol. The Kier molecular flexibility index (Phi) is 10.3. The van der Waals surface area contributed by atoms with Gasteiger partial charge in [0.2, 0.25) is 11.8 Å². The van der Waals surface area contributed by atoms with Gasteiger partial charge in [-0.05, 0) is 49.4 Å². The first-order chi connectivity index (χ1) is 16.0. The van der Waals surface area contributed by atoms with E-state index in [0.29, 0.717) is 18.7 Å². The molecule has 6 heteroatoms. The van der Waals surface area contributed by atoms with E-state index in [1.807, 2.05) is 19.1 Å². The molecule has 178 valence electrons. The zero-order chi connectivity index (χ0) is 23.6. The number of aryl methyl sites for hydroxylation is 1. The van der Waals surface area contributed by atoms with Crippen LogP contribution in [0.25, 0.3) is 0 Å². The second-order valence-electron chi connectivity index (χ2n) is 8.89. The average molecular weight is 532 g/mol. The Bertz CT molecular complexity index is 895. The maximum Gasteiger partial charge on any atom is 0.243 e. The normalized spacial score (nSPS) is 15.1. The van der Waals surface area contributed by atoms with Gasteiger partial charge in [-0.25, -0.2) is 0 Å². The molecule has 0 radical (unpaired) electrons. The van der Waals surface area contributed by atoms with E-state index < -0.39 is 6.04 Å². The van der Waals surface area contributed by atoms with Gasteiger partial charge < -0.3 is 10.2 Å². The molecule has 1 fully saturated rings. The quantitative estimate of drug-likeness (QED) is 0.395. The number of nitrogens with zero attached hydrogens (tertiary/aromatic N) is 1. The van der Waals surface area contributed by atoms with Gasteiger partial charge in [0.1, 0.15) is 6.04 Å². The number of carbonyl (C=O) groups excluding carboxylic acids is 2. The van der Waals surface area contributed by atoms with Crippen molar-refractivity contribution >= 4 is 39.5 Å². The van der Waals surface area contributed by atoms with Crippen molar-refractivity contribution in [3.05, 3.63) is 69.7 Å². The molecule has 0 aromatic heterocycles. The van der Waals surface area contributed by atoms with Crippen molar-refractivity contribution in [2.24, 2.45) is 0 Å². The number of amides is 2. The van der Waals surface area contributed by atoms with E-state index in [1.54, 1.807) is 16.7 Å². The summed E-state index contributed by atoms with van der Waals surface area (Å²) < 4.78 is 1.05. The first kappa shape index (κ1) is 25.8. The molecule has 0 saturated heterocycles. The van der Waals surface area contributed by atoms with Crippen LogP contribution in [0.1, 0.15) is 62.1 Å². The second kappa shape index (κ2) is 13.2. The van der Waals surface area contributed by atoms with Gasteiger partial charge in [0.25, 0.3) is 0 Å². The highest BCUT2D eigenvalue weighted by Gasteiger charge is 2.30. The molecule has 0 heterocycles. The van der Waals surface area contributed by atoms with E-state index in [9.17, 15) is 9.59 Å². The molecule has 1 atom stereocenters. The van der Waals surface area contributed by atoms with Crippen molar-refractivity contribution in [2.45, 2.75) is 76.8 Å². The zero-order valence-corrected chi connectivity index (χ0v) is 22.1. The summed E-state index contributed by atoms with van der Waals surface area (Å²) >= 11 is 5.06. The fourth-order valence-electron chi connectivity index (χ4n) is 4.27. The van der Waals surface area contributed by atoms with Crippen molar-refractivity contribution in [1.29, 1.82) is 0 Å². The fourth-order valence-corrected chi connectivity index (χ4v) is 5.41. The zero-order valence-electron chi connectivity index (χ0n) is 19.7. The Morgan fingerprint density at radius 2 is 1.67 bits per heavy atom. The Morgan fingerprint density at radius 3 is 2.30 bits per heavy atom. The van der Waals surface area contributed by atoms with Gasteiger partial charge >= 0.3 is 0 Å². The minimum Gasteiger partial charge on any atom is -0.352 e. The highest BCUT2D eigenvalue weighted by atomic mass is 79.9. The lowest BCUT2D eigenvalue weighted by atomic mass is 9.95. The third-order valence-corrected chi connectivity index (χ3v) is 7.74. The highest BCUT2D eigenvalue weighted by molar-refractivity contribution is 9.10. The van der Waals surface area contributed by atoms with Crippen molar-refractivity contribution in [3.8, 4) is 0 Å². The van der Waals surface area contributed by atoms with Crippen LogP contribution in [0.15, 0.2) is 53.0 Å². The number of rotatable bonds is 10. The van der Waals surface area contributed by atoms with Crippen LogP contribution < -0.4 is 5.32 Å². The topological polar surface area (TPSA) is 49.4 Å². The third kappa shape index (κ3) is 8.18. The van der Waals surface area contributed by atoms with Crippen molar-refractivity contribution in [2.75, 3.05) is 5.75 Å². The molecular formula is C27H35BrN2O2S. The van der Waals surface area contributed by atoms with Gasteiger partial charge in [-0.15, -0.1) is 11.8 Å². The molecule has 1 aliphatic carbocycles. The average Bonchev–Trinajstić information content (AvgIpc) is 2.82. The summed E-state index contributed by atoms with van der Waals surface area (Å²) in [5, 5.41) is 3.24. The van der Waals surface area contributed by atoms with Gasteiger partial charge in [0.05, 0.1) is 5.75 Å². The number of halogens is 1. The molecule has 2 amide bonds. The summed E-state index contributed by atoms with van der Waals surface area (Å²) in [6.45, 7) is 4.50. The lowest BCUT2D eigenvalue weighted by molar-refractivity contribution is -0.139. The van der Waals surface area contributed by atoms with E-state index in [2.05, 4.69) is 64.6 Å². The summed E-state index contributed by atoms with van der Waals surface area (Å²) in [6.07, 6.45) is 6.26. The molecular weight excluding hydrogens is 496 g/mol. The maximum atomic E-state index is 13.4. The molecule has 0 spiro atoms. The van der Waals surface area contributed by atoms with Crippen molar-refractivity contribution < 1.29 is 9.59 Å². The fraction of sp³-hybridized carbons (Fsp3) is 0.481. The minimum absolute atomic E-state index is 0.0113. The van der Waals surface area contributed by atoms with Gasteiger partial charge in [-0.3, -0.25) is 9.59 Å². The third-order valence-electron chi connectivity index (χ3n) is 6.22. The SMILES string of the molecule is CC[C@@H](C(=O)NC1CCCCC1)N(Cc1ccc(C)cc1)C(=O)CSCc1ccc(Br)cc1. The van der Waals surface area contributed by atoms with Crippen LogP contribution in [0.4, 0.5) is 0 Å². The molecule has 3 rings (SSSR count). The lowest BCUT2D eigenvalue weighted by Crippen LogP contribution is -2.52. The van der Waals surface area contributed by atoms with Crippen LogP contribution in [0.5, 0.6) is 0 Å². The highest BCUT2D eigenvalue weighted by Crippen LogP contribution is 2.21. The van der Waals surface area contributed by atoms with Crippen LogP contribution in [0, 0.1) is 6.92 Å².